The molecule has 12 heteroatoms. The zero-order chi connectivity index (χ0) is 24.2. The summed E-state index contributed by atoms with van der Waals surface area (Å²) in [5.74, 6) is -2.74. The van der Waals surface area contributed by atoms with Crippen molar-refractivity contribution in [2.45, 2.75) is 37.1 Å². The molecule has 1 unspecified atom stereocenters. The smallest absolute Gasteiger partial charge is 0.324 e. The lowest BCUT2D eigenvalue weighted by molar-refractivity contribution is -0.387. The number of ether oxygens (including phenoxy) is 1. The number of halogens is 1. The SMILES string of the molecule is Cc1ccc(S(=O)(=O)N2CCCCC2C(=O)OCC(=O)Nc2ccc(F)c([N+](=O)[O-])c2)cc1. The molecule has 176 valence electrons. The van der Waals surface area contributed by atoms with Crippen LogP contribution in [0.4, 0.5) is 15.8 Å². The highest BCUT2D eigenvalue weighted by atomic mass is 32.2. The number of nitro benzene ring substituents is 1. The minimum absolute atomic E-state index is 0.0506. The molecule has 1 fully saturated rings. The highest BCUT2D eigenvalue weighted by Gasteiger charge is 2.38. The normalized spacial score (nSPS) is 16.7. The van der Waals surface area contributed by atoms with Crippen molar-refractivity contribution in [2.75, 3.05) is 18.5 Å². The number of sulfonamides is 1. The summed E-state index contributed by atoms with van der Waals surface area (Å²) in [5, 5.41) is 13.1. The van der Waals surface area contributed by atoms with Crippen LogP contribution in [-0.2, 0) is 24.3 Å². The number of hydrogen-bond donors (Lipinski definition) is 1. The van der Waals surface area contributed by atoms with Crippen LogP contribution in [0.15, 0.2) is 47.4 Å². The van der Waals surface area contributed by atoms with Crippen LogP contribution >= 0.6 is 0 Å². The Hall–Kier alpha value is -3.38. The van der Waals surface area contributed by atoms with Gasteiger partial charge in [-0.3, -0.25) is 19.7 Å². The quantitative estimate of drug-likeness (QED) is 0.366. The molecular formula is C21H22FN3O7S. The molecule has 0 saturated carbocycles. The number of anilines is 1. The molecule has 0 radical (unpaired) electrons. The number of benzene rings is 2. The number of hydrogen-bond acceptors (Lipinski definition) is 7. The average molecular weight is 479 g/mol. The number of carbonyl (C=O) groups is 2. The minimum atomic E-state index is -3.94. The lowest BCUT2D eigenvalue weighted by atomic mass is 10.1. The molecule has 1 aliphatic rings. The number of carbonyl (C=O) groups excluding carboxylic acids is 2. The van der Waals surface area contributed by atoms with Crippen LogP contribution in [0.2, 0.25) is 0 Å². The van der Waals surface area contributed by atoms with Crippen molar-refractivity contribution in [1.29, 1.82) is 0 Å². The molecule has 0 bridgehead atoms. The summed E-state index contributed by atoms with van der Waals surface area (Å²) in [4.78, 5) is 34.7. The van der Waals surface area contributed by atoms with Crippen molar-refractivity contribution in [3.8, 4) is 0 Å². The second-order valence-electron chi connectivity index (χ2n) is 7.52. The molecule has 1 aliphatic heterocycles. The predicted octanol–water partition coefficient (Wildman–Crippen LogP) is 2.77. The number of piperidine rings is 1. The summed E-state index contributed by atoms with van der Waals surface area (Å²) in [6, 6.07) is 7.97. The summed E-state index contributed by atoms with van der Waals surface area (Å²) in [7, 11) is -3.94. The third-order valence-corrected chi connectivity index (χ3v) is 7.05. The fraction of sp³-hybridized carbons (Fsp3) is 0.333. The van der Waals surface area contributed by atoms with Crippen LogP contribution in [0.25, 0.3) is 0 Å². The van der Waals surface area contributed by atoms with Crippen LogP contribution < -0.4 is 5.32 Å². The molecule has 3 rings (SSSR count). The average Bonchev–Trinajstić information content (AvgIpc) is 2.79. The van der Waals surface area contributed by atoms with Crippen molar-refractivity contribution in [3.63, 3.8) is 0 Å². The Labute approximate surface area is 189 Å². The molecular weight excluding hydrogens is 457 g/mol. The number of esters is 1. The van der Waals surface area contributed by atoms with E-state index in [0.717, 1.165) is 28.1 Å². The molecule has 33 heavy (non-hydrogen) atoms. The van der Waals surface area contributed by atoms with Crippen LogP contribution in [-0.4, -0.2) is 48.7 Å². The summed E-state index contributed by atoms with van der Waals surface area (Å²) in [5.41, 5.74) is 0.0235. The van der Waals surface area contributed by atoms with Gasteiger partial charge in [-0.2, -0.15) is 8.70 Å². The van der Waals surface area contributed by atoms with Gasteiger partial charge >= 0.3 is 11.7 Å². The van der Waals surface area contributed by atoms with Crippen molar-refractivity contribution in [3.05, 3.63) is 64.0 Å². The number of nitrogens with one attached hydrogen (secondary N) is 1. The van der Waals surface area contributed by atoms with Crippen LogP contribution in [0.1, 0.15) is 24.8 Å². The maximum absolute atomic E-state index is 13.4. The predicted molar refractivity (Wildman–Crippen MR) is 115 cm³/mol. The van der Waals surface area contributed by atoms with Crippen LogP contribution in [0, 0.1) is 22.9 Å². The molecule has 1 saturated heterocycles. The van der Waals surface area contributed by atoms with Crippen molar-refractivity contribution < 1.29 is 32.1 Å². The van der Waals surface area contributed by atoms with E-state index in [0.29, 0.717) is 12.8 Å². The van der Waals surface area contributed by atoms with E-state index in [1.807, 2.05) is 6.92 Å². The number of amides is 1. The van der Waals surface area contributed by atoms with E-state index in [4.69, 9.17) is 4.74 Å². The van der Waals surface area contributed by atoms with Gasteiger partial charge in [0.05, 0.1) is 9.82 Å². The van der Waals surface area contributed by atoms with Gasteiger partial charge in [0.1, 0.15) is 6.04 Å². The topological polar surface area (TPSA) is 136 Å². The third-order valence-electron chi connectivity index (χ3n) is 5.13. The van der Waals surface area contributed by atoms with E-state index in [-0.39, 0.29) is 23.5 Å². The van der Waals surface area contributed by atoms with Crippen LogP contribution in [0.5, 0.6) is 0 Å². The van der Waals surface area contributed by atoms with E-state index >= 15 is 0 Å². The molecule has 1 N–H and O–H groups in total. The second-order valence-corrected chi connectivity index (χ2v) is 9.41. The van der Waals surface area contributed by atoms with Gasteiger partial charge < -0.3 is 10.1 Å². The van der Waals surface area contributed by atoms with E-state index in [2.05, 4.69) is 5.32 Å². The first-order chi connectivity index (χ1) is 15.6. The van der Waals surface area contributed by atoms with E-state index in [9.17, 15) is 32.5 Å². The first kappa shape index (κ1) is 24.3. The first-order valence-corrected chi connectivity index (χ1v) is 11.5. The Morgan fingerprint density at radius 3 is 2.58 bits per heavy atom. The monoisotopic (exact) mass is 479 g/mol. The number of nitrogens with zero attached hydrogens (tertiary/aromatic N) is 2. The Bertz CT molecular complexity index is 1170. The Morgan fingerprint density at radius 1 is 1.21 bits per heavy atom. The molecule has 2 aromatic rings. The Morgan fingerprint density at radius 2 is 1.91 bits per heavy atom. The first-order valence-electron chi connectivity index (χ1n) is 10.1. The molecule has 0 aliphatic carbocycles. The van der Waals surface area contributed by atoms with Gasteiger partial charge in [-0.05, 0) is 50.5 Å². The molecule has 1 heterocycles. The van der Waals surface area contributed by atoms with Crippen molar-refractivity contribution in [2.24, 2.45) is 0 Å². The van der Waals surface area contributed by atoms with Gasteiger partial charge in [0.25, 0.3) is 5.91 Å². The van der Waals surface area contributed by atoms with Gasteiger partial charge in [-0.15, -0.1) is 0 Å². The van der Waals surface area contributed by atoms with Crippen molar-refractivity contribution >= 4 is 33.3 Å². The van der Waals surface area contributed by atoms with Gasteiger partial charge in [0.15, 0.2) is 6.61 Å². The zero-order valence-electron chi connectivity index (χ0n) is 17.7. The third kappa shape index (κ3) is 5.71. The summed E-state index contributed by atoms with van der Waals surface area (Å²) in [6.45, 7) is 1.23. The molecule has 10 nitrogen and oxygen atoms in total. The summed E-state index contributed by atoms with van der Waals surface area (Å²) >= 11 is 0. The van der Waals surface area contributed by atoms with E-state index in [1.165, 1.54) is 12.1 Å². The Balaban J connectivity index is 1.66. The van der Waals surface area contributed by atoms with Gasteiger partial charge in [0.2, 0.25) is 15.8 Å². The number of aryl methyl sites for hydroxylation is 1. The molecule has 0 spiro atoms. The number of rotatable bonds is 7. The van der Waals surface area contributed by atoms with Gasteiger partial charge in [-0.1, -0.05) is 17.7 Å². The van der Waals surface area contributed by atoms with E-state index in [1.54, 1.807) is 12.1 Å². The summed E-state index contributed by atoms with van der Waals surface area (Å²) in [6.07, 6.45) is 1.44. The maximum atomic E-state index is 13.4. The Kier molecular flexibility index (Phi) is 7.39. The second kappa shape index (κ2) is 10.0. The maximum Gasteiger partial charge on any atom is 0.324 e. The number of nitro groups is 1. The molecule has 0 aromatic heterocycles. The lowest BCUT2D eigenvalue weighted by Crippen LogP contribution is -2.48. The standard InChI is InChI=1S/C21H22FN3O7S/c1-14-5-8-16(9-6-14)33(30,31)24-11-3-2-4-18(24)21(27)32-13-20(26)23-15-7-10-17(22)19(12-15)25(28)29/h5-10,12,18H,2-4,11,13H2,1H3,(H,23,26). The fourth-order valence-electron chi connectivity index (χ4n) is 3.43. The van der Waals surface area contributed by atoms with Crippen molar-refractivity contribution in [1.82, 2.24) is 4.31 Å². The highest BCUT2D eigenvalue weighted by molar-refractivity contribution is 7.89. The van der Waals surface area contributed by atoms with Gasteiger partial charge in [0, 0.05) is 18.3 Å². The largest absolute Gasteiger partial charge is 0.454 e. The summed E-state index contributed by atoms with van der Waals surface area (Å²) < 4.78 is 45.7. The van der Waals surface area contributed by atoms with Crippen LogP contribution in [0.3, 0.4) is 0 Å². The fourth-order valence-corrected chi connectivity index (χ4v) is 5.08. The lowest BCUT2D eigenvalue weighted by Gasteiger charge is -2.33. The minimum Gasteiger partial charge on any atom is -0.454 e. The molecule has 1 atom stereocenters. The highest BCUT2D eigenvalue weighted by Crippen LogP contribution is 2.26. The van der Waals surface area contributed by atoms with Gasteiger partial charge in [-0.25, -0.2) is 8.42 Å². The van der Waals surface area contributed by atoms with E-state index < -0.39 is 51.0 Å². The molecule has 2 aromatic carbocycles. The zero-order valence-corrected chi connectivity index (χ0v) is 18.5. The molecule has 1 amide bonds.